The average Bonchev–Trinajstić information content (AvgIpc) is 2.79. The monoisotopic (exact) mass is 425 g/mol. The lowest BCUT2D eigenvalue weighted by Gasteiger charge is -2.26. The third kappa shape index (κ3) is 7.17. The number of carbonyl (C=O) groups is 2. The molecule has 31 heavy (non-hydrogen) atoms. The second-order valence-corrected chi connectivity index (χ2v) is 8.06. The van der Waals surface area contributed by atoms with Crippen LogP contribution in [0, 0.1) is 5.82 Å². The van der Waals surface area contributed by atoms with E-state index in [4.69, 9.17) is 0 Å². The van der Waals surface area contributed by atoms with E-state index in [1.54, 1.807) is 17.0 Å². The van der Waals surface area contributed by atoms with E-state index < -0.39 is 0 Å². The summed E-state index contributed by atoms with van der Waals surface area (Å²) >= 11 is 0. The van der Waals surface area contributed by atoms with E-state index >= 15 is 0 Å². The first-order valence-electron chi connectivity index (χ1n) is 11.2. The number of likely N-dealkylation sites (tertiary alicyclic amines) is 1. The standard InChI is InChI=1S/C25H32FN3O2/c1-2-25(31)29(19-20-9-11-22(26)12-10-20)23-8-6-7-21(17-23)18-24(30)27-13-16-28-14-4-3-5-15-28/h6-12,17H,2-5,13-16,18-19H2,1H3,(H,27,30). The lowest BCUT2D eigenvalue weighted by molar-refractivity contribution is -0.120. The molecule has 2 aromatic carbocycles. The van der Waals surface area contributed by atoms with Gasteiger partial charge in [0.1, 0.15) is 5.82 Å². The zero-order valence-electron chi connectivity index (χ0n) is 18.3. The largest absolute Gasteiger partial charge is 0.355 e. The van der Waals surface area contributed by atoms with Crippen molar-refractivity contribution in [3.8, 4) is 0 Å². The summed E-state index contributed by atoms with van der Waals surface area (Å²) in [5.41, 5.74) is 2.46. The summed E-state index contributed by atoms with van der Waals surface area (Å²) in [5, 5.41) is 3.01. The SMILES string of the molecule is CCC(=O)N(Cc1ccc(F)cc1)c1cccc(CC(=O)NCCN2CCCCC2)c1. The van der Waals surface area contributed by atoms with E-state index in [1.807, 2.05) is 31.2 Å². The van der Waals surface area contributed by atoms with E-state index in [2.05, 4.69) is 10.2 Å². The van der Waals surface area contributed by atoms with Crippen molar-refractivity contribution in [2.24, 2.45) is 0 Å². The summed E-state index contributed by atoms with van der Waals surface area (Å²) in [5.74, 6) is -0.334. The van der Waals surface area contributed by atoms with Gasteiger partial charge in [0.2, 0.25) is 11.8 Å². The molecule has 166 valence electrons. The maximum Gasteiger partial charge on any atom is 0.227 e. The Balaban J connectivity index is 1.60. The quantitative estimate of drug-likeness (QED) is 0.663. The van der Waals surface area contributed by atoms with Crippen LogP contribution in [0.25, 0.3) is 0 Å². The number of anilines is 1. The second kappa shape index (κ2) is 11.6. The molecule has 0 bridgehead atoms. The van der Waals surface area contributed by atoms with Crippen LogP contribution >= 0.6 is 0 Å². The molecule has 6 heteroatoms. The first-order chi connectivity index (χ1) is 15.0. The van der Waals surface area contributed by atoms with Gasteiger partial charge in [-0.25, -0.2) is 4.39 Å². The number of benzene rings is 2. The Bertz CT molecular complexity index is 863. The lowest BCUT2D eigenvalue weighted by atomic mass is 10.1. The first kappa shape index (κ1) is 22.9. The number of carbonyl (C=O) groups excluding carboxylic acids is 2. The highest BCUT2D eigenvalue weighted by Gasteiger charge is 2.16. The van der Waals surface area contributed by atoms with Crippen molar-refractivity contribution in [2.45, 2.75) is 45.6 Å². The van der Waals surface area contributed by atoms with Crippen molar-refractivity contribution >= 4 is 17.5 Å². The second-order valence-electron chi connectivity index (χ2n) is 8.06. The fraction of sp³-hybridized carbons (Fsp3) is 0.440. The minimum atomic E-state index is -0.301. The number of nitrogens with one attached hydrogen (secondary N) is 1. The zero-order chi connectivity index (χ0) is 22.1. The topological polar surface area (TPSA) is 52.7 Å². The molecule has 1 fully saturated rings. The molecule has 1 saturated heterocycles. The van der Waals surface area contributed by atoms with Crippen molar-refractivity contribution in [1.82, 2.24) is 10.2 Å². The molecular weight excluding hydrogens is 393 g/mol. The molecule has 5 nitrogen and oxygen atoms in total. The van der Waals surface area contributed by atoms with Gasteiger partial charge in [0.25, 0.3) is 0 Å². The van der Waals surface area contributed by atoms with E-state index in [0.717, 1.165) is 36.4 Å². The predicted molar refractivity (Wildman–Crippen MR) is 121 cm³/mol. The zero-order valence-corrected chi connectivity index (χ0v) is 18.3. The van der Waals surface area contributed by atoms with Gasteiger partial charge in [-0.15, -0.1) is 0 Å². The van der Waals surface area contributed by atoms with Crippen molar-refractivity contribution in [1.29, 1.82) is 0 Å². The average molecular weight is 426 g/mol. The summed E-state index contributed by atoms with van der Waals surface area (Å²) in [7, 11) is 0. The molecule has 1 N–H and O–H groups in total. The van der Waals surface area contributed by atoms with Crippen LogP contribution < -0.4 is 10.2 Å². The summed E-state index contributed by atoms with van der Waals surface area (Å²) in [6.07, 6.45) is 4.43. The van der Waals surface area contributed by atoms with Crippen molar-refractivity contribution in [2.75, 3.05) is 31.1 Å². The molecular formula is C25H32FN3O2. The molecule has 2 aromatic rings. The van der Waals surface area contributed by atoms with E-state index in [1.165, 1.54) is 31.4 Å². The lowest BCUT2D eigenvalue weighted by Crippen LogP contribution is -2.38. The number of hydrogen-bond donors (Lipinski definition) is 1. The highest BCUT2D eigenvalue weighted by atomic mass is 19.1. The molecule has 0 spiro atoms. The van der Waals surface area contributed by atoms with Gasteiger partial charge < -0.3 is 15.1 Å². The van der Waals surface area contributed by atoms with Crippen LogP contribution in [-0.2, 0) is 22.6 Å². The van der Waals surface area contributed by atoms with Gasteiger partial charge in [-0.1, -0.05) is 37.6 Å². The summed E-state index contributed by atoms with van der Waals surface area (Å²) in [6.45, 7) is 5.96. The molecule has 0 aliphatic carbocycles. The Morgan fingerprint density at radius 1 is 1.03 bits per heavy atom. The normalized spacial score (nSPS) is 14.3. The van der Waals surface area contributed by atoms with Crippen LogP contribution in [0.15, 0.2) is 48.5 Å². The molecule has 1 aliphatic rings. The van der Waals surface area contributed by atoms with Gasteiger partial charge in [-0.2, -0.15) is 0 Å². The van der Waals surface area contributed by atoms with E-state index in [9.17, 15) is 14.0 Å². The van der Waals surface area contributed by atoms with Gasteiger partial charge in [0, 0.05) is 25.2 Å². The highest BCUT2D eigenvalue weighted by molar-refractivity contribution is 5.93. The van der Waals surface area contributed by atoms with Crippen molar-refractivity contribution in [3.05, 3.63) is 65.5 Å². The summed E-state index contributed by atoms with van der Waals surface area (Å²) in [4.78, 5) is 29.1. The molecule has 0 saturated carbocycles. The molecule has 2 amide bonds. The molecule has 0 unspecified atom stereocenters. The summed E-state index contributed by atoms with van der Waals surface area (Å²) in [6, 6.07) is 13.7. The van der Waals surface area contributed by atoms with Crippen molar-refractivity contribution in [3.63, 3.8) is 0 Å². The maximum atomic E-state index is 13.2. The Labute approximate surface area is 184 Å². The molecule has 0 aromatic heterocycles. The van der Waals surface area contributed by atoms with Crippen LogP contribution in [0.1, 0.15) is 43.7 Å². The Hall–Kier alpha value is -2.73. The van der Waals surface area contributed by atoms with Crippen LogP contribution in [0.5, 0.6) is 0 Å². The number of piperidine rings is 1. The van der Waals surface area contributed by atoms with Gasteiger partial charge in [0.05, 0.1) is 13.0 Å². The van der Waals surface area contributed by atoms with Crippen LogP contribution in [-0.4, -0.2) is 42.9 Å². The van der Waals surface area contributed by atoms with E-state index in [0.29, 0.717) is 19.5 Å². The summed E-state index contributed by atoms with van der Waals surface area (Å²) < 4.78 is 13.2. The fourth-order valence-electron chi connectivity index (χ4n) is 3.91. The molecule has 0 atom stereocenters. The fourth-order valence-corrected chi connectivity index (χ4v) is 3.91. The molecule has 1 aliphatic heterocycles. The van der Waals surface area contributed by atoms with Crippen LogP contribution in [0.2, 0.25) is 0 Å². The predicted octanol–water partition coefficient (Wildman–Crippen LogP) is 3.91. The molecule has 1 heterocycles. The van der Waals surface area contributed by atoms with Crippen molar-refractivity contribution < 1.29 is 14.0 Å². The van der Waals surface area contributed by atoms with Gasteiger partial charge in [0.15, 0.2) is 0 Å². The van der Waals surface area contributed by atoms with Gasteiger partial charge in [-0.3, -0.25) is 9.59 Å². The first-order valence-corrected chi connectivity index (χ1v) is 11.2. The molecule has 3 rings (SSSR count). The third-order valence-electron chi connectivity index (χ3n) is 5.64. The smallest absolute Gasteiger partial charge is 0.227 e. The van der Waals surface area contributed by atoms with Crippen LogP contribution in [0.3, 0.4) is 0 Å². The van der Waals surface area contributed by atoms with E-state index in [-0.39, 0.29) is 24.1 Å². The third-order valence-corrected chi connectivity index (χ3v) is 5.64. The number of amides is 2. The molecule has 0 radical (unpaired) electrons. The highest BCUT2D eigenvalue weighted by Crippen LogP contribution is 2.21. The van der Waals surface area contributed by atoms with Gasteiger partial charge in [-0.05, 0) is 61.3 Å². The Morgan fingerprint density at radius 2 is 1.77 bits per heavy atom. The number of rotatable bonds is 9. The maximum absolute atomic E-state index is 13.2. The Morgan fingerprint density at radius 3 is 2.48 bits per heavy atom. The Kier molecular flexibility index (Phi) is 8.59. The number of halogens is 1. The number of nitrogens with zero attached hydrogens (tertiary/aromatic N) is 2. The van der Waals surface area contributed by atoms with Crippen LogP contribution in [0.4, 0.5) is 10.1 Å². The minimum absolute atomic E-state index is 0.0129. The van der Waals surface area contributed by atoms with Gasteiger partial charge >= 0.3 is 0 Å². The number of hydrogen-bond acceptors (Lipinski definition) is 3. The minimum Gasteiger partial charge on any atom is -0.355 e.